The normalized spacial score (nSPS) is 12.6. The smallest absolute Gasteiger partial charge is 0.186 e. The summed E-state index contributed by atoms with van der Waals surface area (Å²) in [6, 6.07) is 8.15. The molecule has 2 aromatic rings. The topological polar surface area (TPSA) is 42.2 Å². The molecule has 0 saturated carbocycles. The fraction of sp³-hybridized carbons (Fsp3) is 0.333. The van der Waals surface area contributed by atoms with Crippen LogP contribution in [0.25, 0.3) is 10.2 Å². The molecule has 1 unspecified atom stereocenters. The summed E-state index contributed by atoms with van der Waals surface area (Å²) in [5, 5.41) is 1.01. The van der Waals surface area contributed by atoms with Crippen LogP contribution in [0.1, 0.15) is 6.92 Å². The number of thiazole rings is 1. The second-order valence-corrected chi connectivity index (χ2v) is 5.63. The second-order valence-electron chi connectivity index (χ2n) is 4.15. The number of hydrogen-bond donors (Lipinski definition) is 1. The average Bonchev–Trinajstić information content (AvgIpc) is 2.72. The van der Waals surface area contributed by atoms with Gasteiger partial charge in [-0.3, -0.25) is 0 Å². The molecule has 0 saturated heterocycles. The Morgan fingerprint density at radius 1 is 1.53 bits per heavy atom. The van der Waals surface area contributed by atoms with Crippen molar-refractivity contribution in [1.29, 1.82) is 0 Å². The Balaban J connectivity index is 2.19. The van der Waals surface area contributed by atoms with E-state index in [1.54, 1.807) is 11.3 Å². The van der Waals surface area contributed by atoms with Gasteiger partial charge in [0.1, 0.15) is 0 Å². The Kier molecular flexibility index (Phi) is 3.59. The lowest BCUT2D eigenvalue weighted by molar-refractivity contribution is 0.741. The Hall–Kier alpha value is -1.20. The quantitative estimate of drug-likeness (QED) is 0.863. The molecule has 5 heteroatoms. The van der Waals surface area contributed by atoms with Crippen LogP contribution in [0.15, 0.2) is 24.3 Å². The number of anilines is 1. The van der Waals surface area contributed by atoms with Gasteiger partial charge in [-0.15, -0.1) is 0 Å². The van der Waals surface area contributed by atoms with Gasteiger partial charge in [0.25, 0.3) is 0 Å². The number of aromatic nitrogens is 1. The van der Waals surface area contributed by atoms with Gasteiger partial charge in [0.05, 0.1) is 15.2 Å². The third-order valence-corrected chi connectivity index (χ3v) is 4.20. The molecule has 0 aliphatic rings. The van der Waals surface area contributed by atoms with E-state index in [9.17, 15) is 0 Å². The zero-order valence-corrected chi connectivity index (χ0v) is 11.5. The van der Waals surface area contributed by atoms with Gasteiger partial charge < -0.3 is 10.6 Å². The molecule has 2 N–H and O–H groups in total. The van der Waals surface area contributed by atoms with Gasteiger partial charge >= 0.3 is 0 Å². The van der Waals surface area contributed by atoms with Crippen molar-refractivity contribution in [1.82, 2.24) is 4.98 Å². The van der Waals surface area contributed by atoms with E-state index in [1.807, 2.05) is 32.2 Å². The zero-order chi connectivity index (χ0) is 12.4. The molecule has 0 amide bonds. The Bertz CT molecular complexity index is 502. The lowest BCUT2D eigenvalue weighted by atomic mass is 10.2. The molecule has 1 heterocycles. The fourth-order valence-electron chi connectivity index (χ4n) is 1.60. The summed E-state index contributed by atoms with van der Waals surface area (Å²) in [5.74, 6) is 0.196. The molecule has 0 radical (unpaired) electrons. The molecule has 0 aliphatic carbocycles. The largest absolute Gasteiger partial charge is 0.393 e. The van der Waals surface area contributed by atoms with Crippen LogP contribution in [0.4, 0.5) is 5.13 Å². The number of nitrogens with two attached hydrogens (primary N) is 1. The van der Waals surface area contributed by atoms with Crippen molar-refractivity contribution in [2.75, 3.05) is 18.5 Å². The molecule has 0 bridgehead atoms. The predicted octanol–water partition coefficient (Wildman–Crippen LogP) is 2.65. The molecule has 0 fully saturated rings. The van der Waals surface area contributed by atoms with Gasteiger partial charge in [-0.1, -0.05) is 42.6 Å². The number of hydrogen-bond acceptors (Lipinski definition) is 4. The first-order chi connectivity index (χ1) is 8.08. The zero-order valence-electron chi connectivity index (χ0n) is 9.88. The maximum Gasteiger partial charge on any atom is 0.186 e. The standard InChI is InChI=1S/C12H15N3S2/c1-8(11(13)16)7-15(2)12-14-9-5-3-4-6-10(9)17-12/h3-6,8H,7H2,1-2H3,(H2,13,16). The van der Waals surface area contributed by atoms with E-state index in [0.717, 1.165) is 17.2 Å². The first-order valence-electron chi connectivity index (χ1n) is 5.44. The highest BCUT2D eigenvalue weighted by Gasteiger charge is 2.12. The Morgan fingerprint density at radius 3 is 2.88 bits per heavy atom. The molecule has 2 rings (SSSR count). The van der Waals surface area contributed by atoms with E-state index in [-0.39, 0.29) is 5.92 Å². The molecular weight excluding hydrogens is 250 g/mol. The van der Waals surface area contributed by atoms with E-state index in [0.29, 0.717) is 4.99 Å². The van der Waals surface area contributed by atoms with Crippen molar-refractivity contribution < 1.29 is 0 Å². The fourth-order valence-corrected chi connectivity index (χ4v) is 2.61. The van der Waals surface area contributed by atoms with Crippen molar-refractivity contribution in [3.05, 3.63) is 24.3 Å². The summed E-state index contributed by atoms with van der Waals surface area (Å²) in [7, 11) is 2.02. The lowest BCUT2D eigenvalue weighted by Crippen LogP contribution is -2.31. The van der Waals surface area contributed by atoms with Crippen LogP contribution in [0.3, 0.4) is 0 Å². The number of thiocarbonyl (C=S) groups is 1. The second kappa shape index (κ2) is 4.98. The third kappa shape index (κ3) is 2.73. The van der Waals surface area contributed by atoms with Gasteiger partial charge in [0.2, 0.25) is 0 Å². The first-order valence-corrected chi connectivity index (χ1v) is 6.66. The molecule has 1 atom stereocenters. The van der Waals surface area contributed by atoms with Crippen LogP contribution in [-0.2, 0) is 0 Å². The Labute approximate surface area is 110 Å². The van der Waals surface area contributed by atoms with Crippen molar-refractivity contribution >= 4 is 43.9 Å². The van der Waals surface area contributed by atoms with Crippen molar-refractivity contribution in [3.8, 4) is 0 Å². The minimum atomic E-state index is 0.196. The number of fused-ring (bicyclic) bond motifs is 1. The summed E-state index contributed by atoms with van der Waals surface area (Å²) >= 11 is 6.67. The van der Waals surface area contributed by atoms with E-state index >= 15 is 0 Å². The van der Waals surface area contributed by atoms with Crippen molar-refractivity contribution in [2.24, 2.45) is 11.7 Å². The molecular formula is C12H15N3S2. The van der Waals surface area contributed by atoms with Crippen LogP contribution in [0, 0.1) is 5.92 Å². The van der Waals surface area contributed by atoms with Crippen LogP contribution in [-0.4, -0.2) is 23.6 Å². The van der Waals surface area contributed by atoms with Crippen LogP contribution < -0.4 is 10.6 Å². The molecule has 0 spiro atoms. The van der Waals surface area contributed by atoms with E-state index in [2.05, 4.69) is 16.0 Å². The minimum Gasteiger partial charge on any atom is -0.393 e. The summed E-state index contributed by atoms with van der Waals surface area (Å²) in [6.45, 7) is 2.83. The monoisotopic (exact) mass is 265 g/mol. The SMILES string of the molecule is CC(CN(C)c1nc2ccccc2s1)C(N)=S. The number of nitrogens with zero attached hydrogens (tertiary/aromatic N) is 2. The average molecular weight is 265 g/mol. The van der Waals surface area contributed by atoms with Gasteiger partial charge in [-0.2, -0.15) is 0 Å². The number of benzene rings is 1. The van der Waals surface area contributed by atoms with Gasteiger partial charge in [-0.05, 0) is 12.1 Å². The number of rotatable bonds is 4. The molecule has 1 aromatic carbocycles. The lowest BCUT2D eigenvalue weighted by Gasteiger charge is -2.19. The van der Waals surface area contributed by atoms with Gasteiger partial charge in [0, 0.05) is 19.5 Å². The van der Waals surface area contributed by atoms with E-state index < -0.39 is 0 Å². The van der Waals surface area contributed by atoms with E-state index in [1.165, 1.54) is 4.70 Å². The molecule has 1 aromatic heterocycles. The van der Waals surface area contributed by atoms with E-state index in [4.69, 9.17) is 18.0 Å². The predicted molar refractivity (Wildman–Crippen MR) is 78.8 cm³/mol. The Morgan fingerprint density at radius 2 is 2.24 bits per heavy atom. The van der Waals surface area contributed by atoms with Crippen LogP contribution in [0.5, 0.6) is 0 Å². The summed E-state index contributed by atoms with van der Waals surface area (Å²) < 4.78 is 1.21. The molecule has 0 aliphatic heterocycles. The highest BCUT2D eigenvalue weighted by Crippen LogP contribution is 2.28. The third-order valence-electron chi connectivity index (χ3n) is 2.64. The highest BCUT2D eigenvalue weighted by atomic mass is 32.1. The van der Waals surface area contributed by atoms with Crippen LogP contribution in [0.2, 0.25) is 0 Å². The highest BCUT2D eigenvalue weighted by molar-refractivity contribution is 7.80. The molecule has 17 heavy (non-hydrogen) atoms. The molecule has 90 valence electrons. The maximum atomic E-state index is 5.63. The summed E-state index contributed by atoms with van der Waals surface area (Å²) in [6.07, 6.45) is 0. The number of para-hydroxylation sites is 1. The summed E-state index contributed by atoms with van der Waals surface area (Å²) in [5.41, 5.74) is 6.67. The van der Waals surface area contributed by atoms with Gasteiger partial charge in [0.15, 0.2) is 5.13 Å². The summed E-state index contributed by atoms with van der Waals surface area (Å²) in [4.78, 5) is 7.24. The maximum absolute atomic E-state index is 5.63. The van der Waals surface area contributed by atoms with Crippen molar-refractivity contribution in [3.63, 3.8) is 0 Å². The minimum absolute atomic E-state index is 0.196. The molecule has 3 nitrogen and oxygen atoms in total. The van der Waals surface area contributed by atoms with Gasteiger partial charge in [-0.25, -0.2) is 4.98 Å². The van der Waals surface area contributed by atoms with Crippen molar-refractivity contribution in [2.45, 2.75) is 6.92 Å². The first kappa shape index (κ1) is 12.3. The van der Waals surface area contributed by atoms with Crippen LogP contribution >= 0.6 is 23.6 Å².